The maximum Gasteiger partial charge on any atom is 0.251 e. The first-order valence-corrected chi connectivity index (χ1v) is 9.26. The summed E-state index contributed by atoms with van der Waals surface area (Å²) in [7, 11) is 0. The molecule has 0 spiro atoms. The first-order valence-electron chi connectivity index (χ1n) is 8.88. The Morgan fingerprint density at radius 2 is 1.78 bits per heavy atom. The summed E-state index contributed by atoms with van der Waals surface area (Å²) in [4.78, 5) is 16.8. The molecule has 1 aromatic carbocycles. The van der Waals surface area contributed by atoms with E-state index in [4.69, 9.17) is 11.6 Å². The second-order valence-electron chi connectivity index (χ2n) is 6.97. The molecule has 1 aliphatic carbocycles. The molecular formula is C20H24Cl2FN3O. The Hall–Kier alpha value is -1.85. The van der Waals surface area contributed by atoms with E-state index in [9.17, 15) is 9.18 Å². The highest BCUT2D eigenvalue weighted by Crippen LogP contribution is 2.23. The topological polar surface area (TPSA) is 54.0 Å². The molecule has 0 radical (unpaired) electrons. The van der Waals surface area contributed by atoms with E-state index >= 15 is 0 Å². The number of carbonyl (C=O) groups is 1. The standard InChI is InChI=1S/C20H23ClFN3O.ClH/c1-12-9-13(2)23-19(10-12)24-15-4-6-16(7-5-15)25-20(26)14-3-8-18(22)17(21)11-14;/h3,8-11,15-16H,4-7H2,1-2H3,(H,23,24)(H,25,26);1H. The fraction of sp³-hybridized carbons (Fsp3) is 0.400. The van der Waals surface area contributed by atoms with Crippen LogP contribution >= 0.6 is 24.0 Å². The van der Waals surface area contributed by atoms with Crippen LogP contribution in [0.3, 0.4) is 0 Å². The Kier molecular flexibility index (Phi) is 7.45. The molecule has 27 heavy (non-hydrogen) atoms. The summed E-state index contributed by atoms with van der Waals surface area (Å²) in [6, 6.07) is 8.63. The number of anilines is 1. The molecule has 0 unspecified atom stereocenters. The summed E-state index contributed by atoms with van der Waals surface area (Å²) >= 11 is 5.75. The van der Waals surface area contributed by atoms with Crippen molar-refractivity contribution in [2.24, 2.45) is 0 Å². The number of halogens is 3. The minimum absolute atomic E-state index is 0. The molecule has 2 aromatic rings. The summed E-state index contributed by atoms with van der Waals surface area (Å²) < 4.78 is 13.2. The monoisotopic (exact) mass is 411 g/mol. The molecule has 2 N–H and O–H groups in total. The van der Waals surface area contributed by atoms with E-state index in [2.05, 4.69) is 34.7 Å². The molecule has 146 valence electrons. The lowest BCUT2D eigenvalue weighted by molar-refractivity contribution is 0.0926. The number of aryl methyl sites for hydroxylation is 2. The molecule has 0 atom stereocenters. The predicted octanol–water partition coefficient (Wildman–Crippen LogP) is 5.07. The predicted molar refractivity (Wildman–Crippen MR) is 110 cm³/mol. The quantitative estimate of drug-likeness (QED) is 0.738. The highest BCUT2D eigenvalue weighted by Gasteiger charge is 2.23. The zero-order valence-corrected chi connectivity index (χ0v) is 17.0. The smallest absolute Gasteiger partial charge is 0.251 e. The van der Waals surface area contributed by atoms with Gasteiger partial charge >= 0.3 is 0 Å². The van der Waals surface area contributed by atoms with Crippen LogP contribution in [-0.4, -0.2) is 23.0 Å². The minimum Gasteiger partial charge on any atom is -0.367 e. The van der Waals surface area contributed by atoms with E-state index in [1.807, 2.05) is 6.92 Å². The van der Waals surface area contributed by atoms with Gasteiger partial charge in [0, 0.05) is 23.3 Å². The van der Waals surface area contributed by atoms with Crippen molar-refractivity contribution in [3.63, 3.8) is 0 Å². The van der Waals surface area contributed by atoms with Gasteiger partial charge in [0.2, 0.25) is 0 Å². The number of benzene rings is 1. The van der Waals surface area contributed by atoms with E-state index in [0.717, 1.165) is 37.2 Å². The van der Waals surface area contributed by atoms with E-state index in [-0.39, 0.29) is 29.4 Å². The second kappa shape index (κ2) is 9.38. The van der Waals surface area contributed by atoms with Crippen LogP contribution in [0.2, 0.25) is 5.02 Å². The number of aromatic nitrogens is 1. The molecule has 1 heterocycles. The Bertz CT molecular complexity index is 788. The van der Waals surface area contributed by atoms with Gasteiger partial charge in [0.1, 0.15) is 11.6 Å². The zero-order chi connectivity index (χ0) is 18.7. The average molecular weight is 412 g/mol. The maximum atomic E-state index is 13.2. The van der Waals surface area contributed by atoms with E-state index in [1.165, 1.54) is 23.8 Å². The van der Waals surface area contributed by atoms with Crippen molar-refractivity contribution in [2.75, 3.05) is 5.32 Å². The van der Waals surface area contributed by atoms with Gasteiger partial charge in [0.15, 0.2) is 0 Å². The van der Waals surface area contributed by atoms with Gasteiger partial charge in [0.25, 0.3) is 5.91 Å². The lowest BCUT2D eigenvalue weighted by atomic mass is 9.91. The molecule has 1 saturated carbocycles. The normalized spacial score (nSPS) is 19.1. The van der Waals surface area contributed by atoms with Gasteiger partial charge in [-0.1, -0.05) is 11.6 Å². The zero-order valence-electron chi connectivity index (χ0n) is 15.4. The SMILES string of the molecule is Cc1cc(C)nc(NC2CCC(NC(=O)c3ccc(F)c(Cl)c3)CC2)c1.Cl. The minimum atomic E-state index is -0.519. The van der Waals surface area contributed by atoms with Crippen LogP contribution in [0.1, 0.15) is 47.3 Å². The Labute approximate surface area is 170 Å². The van der Waals surface area contributed by atoms with Gasteiger partial charge in [-0.25, -0.2) is 9.37 Å². The highest BCUT2D eigenvalue weighted by atomic mass is 35.5. The van der Waals surface area contributed by atoms with Crippen LogP contribution in [0, 0.1) is 19.7 Å². The third-order valence-electron chi connectivity index (χ3n) is 4.69. The fourth-order valence-electron chi connectivity index (χ4n) is 3.41. The van der Waals surface area contributed by atoms with E-state index in [0.29, 0.717) is 11.6 Å². The molecule has 4 nitrogen and oxygen atoms in total. The fourth-order valence-corrected chi connectivity index (χ4v) is 3.59. The molecule has 1 amide bonds. The first kappa shape index (κ1) is 21.5. The number of amides is 1. The van der Waals surface area contributed by atoms with Crippen LogP contribution in [0.4, 0.5) is 10.2 Å². The van der Waals surface area contributed by atoms with Crippen molar-refractivity contribution >= 4 is 35.7 Å². The van der Waals surface area contributed by atoms with Crippen molar-refractivity contribution in [3.05, 3.63) is 58.0 Å². The lowest BCUT2D eigenvalue weighted by Gasteiger charge is -2.30. The van der Waals surface area contributed by atoms with E-state index in [1.54, 1.807) is 0 Å². The molecule has 1 aromatic heterocycles. The Morgan fingerprint density at radius 3 is 2.41 bits per heavy atom. The second-order valence-corrected chi connectivity index (χ2v) is 7.37. The van der Waals surface area contributed by atoms with Gasteiger partial charge in [0.05, 0.1) is 5.02 Å². The molecule has 1 aliphatic rings. The number of pyridine rings is 1. The van der Waals surface area contributed by atoms with Crippen molar-refractivity contribution in [3.8, 4) is 0 Å². The van der Waals surface area contributed by atoms with Crippen molar-refractivity contribution in [1.82, 2.24) is 10.3 Å². The van der Waals surface area contributed by atoms with Crippen molar-refractivity contribution in [1.29, 1.82) is 0 Å². The molecule has 1 fully saturated rings. The Balaban J connectivity index is 0.00000261. The third-order valence-corrected chi connectivity index (χ3v) is 4.98. The van der Waals surface area contributed by atoms with Crippen LogP contribution < -0.4 is 10.6 Å². The third kappa shape index (κ3) is 5.81. The van der Waals surface area contributed by atoms with Crippen LogP contribution in [0.5, 0.6) is 0 Å². The number of hydrogen-bond donors (Lipinski definition) is 2. The largest absolute Gasteiger partial charge is 0.367 e. The van der Waals surface area contributed by atoms with Gasteiger partial charge in [-0.2, -0.15) is 0 Å². The van der Waals surface area contributed by atoms with Gasteiger partial charge < -0.3 is 10.6 Å². The molecule has 3 rings (SSSR count). The summed E-state index contributed by atoms with van der Waals surface area (Å²) in [5, 5.41) is 6.48. The molecule has 0 saturated heterocycles. The number of nitrogens with zero attached hydrogens (tertiary/aromatic N) is 1. The lowest BCUT2D eigenvalue weighted by Crippen LogP contribution is -2.40. The van der Waals surface area contributed by atoms with Crippen LogP contribution in [0.15, 0.2) is 30.3 Å². The summed E-state index contributed by atoms with van der Waals surface area (Å²) in [5.74, 6) is 0.185. The average Bonchev–Trinajstić information content (AvgIpc) is 2.58. The van der Waals surface area contributed by atoms with Crippen LogP contribution in [0.25, 0.3) is 0 Å². The van der Waals surface area contributed by atoms with Gasteiger partial charge in [-0.05, 0) is 75.4 Å². The van der Waals surface area contributed by atoms with Crippen molar-refractivity contribution < 1.29 is 9.18 Å². The summed E-state index contributed by atoms with van der Waals surface area (Å²) in [6.07, 6.45) is 3.71. The van der Waals surface area contributed by atoms with Gasteiger partial charge in [-0.15, -0.1) is 12.4 Å². The molecule has 0 bridgehead atoms. The number of hydrogen-bond acceptors (Lipinski definition) is 3. The van der Waals surface area contributed by atoms with Gasteiger partial charge in [-0.3, -0.25) is 4.79 Å². The molecular weight excluding hydrogens is 388 g/mol. The number of carbonyl (C=O) groups excluding carboxylic acids is 1. The van der Waals surface area contributed by atoms with E-state index < -0.39 is 5.82 Å². The number of nitrogens with one attached hydrogen (secondary N) is 2. The summed E-state index contributed by atoms with van der Waals surface area (Å²) in [5.41, 5.74) is 2.58. The number of rotatable bonds is 4. The molecule has 7 heteroatoms. The molecule has 0 aliphatic heterocycles. The maximum absolute atomic E-state index is 13.2. The Morgan fingerprint density at radius 1 is 1.11 bits per heavy atom. The van der Waals surface area contributed by atoms with Crippen molar-refractivity contribution in [2.45, 2.75) is 51.6 Å². The van der Waals surface area contributed by atoms with Crippen LogP contribution in [-0.2, 0) is 0 Å². The summed E-state index contributed by atoms with van der Waals surface area (Å²) in [6.45, 7) is 4.06. The highest BCUT2D eigenvalue weighted by molar-refractivity contribution is 6.31. The first-order chi connectivity index (χ1) is 12.4.